The highest BCUT2D eigenvalue weighted by atomic mass is 16.3. The molecule has 0 amide bonds. The number of nitrogens with zero attached hydrogens (tertiary/aromatic N) is 1. The van der Waals surface area contributed by atoms with Gasteiger partial charge in [-0.3, -0.25) is 4.90 Å². The van der Waals surface area contributed by atoms with Gasteiger partial charge in [-0.05, 0) is 43.9 Å². The summed E-state index contributed by atoms with van der Waals surface area (Å²) in [6, 6.07) is 9.02. The van der Waals surface area contributed by atoms with E-state index in [1.807, 2.05) is 0 Å². The van der Waals surface area contributed by atoms with Gasteiger partial charge >= 0.3 is 0 Å². The van der Waals surface area contributed by atoms with Crippen LogP contribution in [-0.2, 0) is 6.42 Å². The lowest BCUT2D eigenvalue weighted by Gasteiger charge is -2.30. The molecule has 1 N–H and O–H groups in total. The molecule has 0 saturated carbocycles. The van der Waals surface area contributed by atoms with Crippen molar-refractivity contribution in [1.29, 1.82) is 0 Å². The molecule has 1 aromatic carbocycles. The number of rotatable bonds is 10. The Balaban J connectivity index is 2.64. The van der Waals surface area contributed by atoms with Crippen molar-refractivity contribution >= 4 is 0 Å². The first kappa shape index (κ1) is 18.2. The summed E-state index contributed by atoms with van der Waals surface area (Å²) in [4.78, 5) is 2.42. The van der Waals surface area contributed by atoms with E-state index < -0.39 is 0 Å². The molecule has 0 fully saturated rings. The fourth-order valence-corrected chi connectivity index (χ4v) is 2.63. The zero-order chi connectivity index (χ0) is 15.7. The van der Waals surface area contributed by atoms with Gasteiger partial charge in [0, 0.05) is 12.6 Å². The summed E-state index contributed by atoms with van der Waals surface area (Å²) in [5, 5.41) is 10.5. The van der Waals surface area contributed by atoms with Crippen LogP contribution >= 0.6 is 0 Å². The molecule has 0 aromatic heterocycles. The minimum atomic E-state index is -0.383. The summed E-state index contributed by atoms with van der Waals surface area (Å²) in [5.41, 5.74) is 2.40. The van der Waals surface area contributed by atoms with Gasteiger partial charge in [0.2, 0.25) is 0 Å². The van der Waals surface area contributed by atoms with Crippen LogP contribution in [0.1, 0.15) is 70.6 Å². The average molecular weight is 291 g/mol. The standard InChI is InChI=1S/C19H33NO/c1-5-8-14-20(16(4)7-3)15-19(21)18-12-10-17(9-6-2)11-13-18/h10-13,16,19,21H,5-9,14-15H2,1-4H3. The molecule has 2 heteroatoms. The van der Waals surface area contributed by atoms with Gasteiger partial charge in [0.1, 0.15) is 0 Å². The predicted molar refractivity (Wildman–Crippen MR) is 91.6 cm³/mol. The van der Waals surface area contributed by atoms with Crippen LogP contribution in [0, 0.1) is 0 Å². The molecular formula is C19H33NO. The Morgan fingerprint density at radius 3 is 2.24 bits per heavy atom. The van der Waals surface area contributed by atoms with Crippen LogP contribution in [0.3, 0.4) is 0 Å². The van der Waals surface area contributed by atoms with Gasteiger partial charge in [-0.15, -0.1) is 0 Å². The van der Waals surface area contributed by atoms with E-state index >= 15 is 0 Å². The van der Waals surface area contributed by atoms with Gasteiger partial charge in [0.05, 0.1) is 6.10 Å². The molecule has 120 valence electrons. The first-order chi connectivity index (χ1) is 10.1. The molecule has 2 atom stereocenters. The SMILES string of the molecule is CCCCN(CC(O)c1ccc(CCC)cc1)C(C)CC. The molecular weight excluding hydrogens is 258 g/mol. The number of unbranched alkanes of at least 4 members (excludes halogenated alkanes) is 1. The number of benzene rings is 1. The maximum absolute atomic E-state index is 10.5. The predicted octanol–water partition coefficient (Wildman–Crippen LogP) is 4.57. The van der Waals surface area contributed by atoms with Crippen molar-refractivity contribution in [2.75, 3.05) is 13.1 Å². The Labute approximate surface area is 131 Å². The van der Waals surface area contributed by atoms with E-state index in [4.69, 9.17) is 0 Å². The number of aliphatic hydroxyl groups excluding tert-OH is 1. The van der Waals surface area contributed by atoms with Gasteiger partial charge in [-0.1, -0.05) is 57.9 Å². The molecule has 0 bridgehead atoms. The molecule has 0 saturated heterocycles. The largest absolute Gasteiger partial charge is 0.387 e. The Bertz CT molecular complexity index is 374. The topological polar surface area (TPSA) is 23.5 Å². The zero-order valence-corrected chi connectivity index (χ0v) is 14.3. The molecule has 21 heavy (non-hydrogen) atoms. The van der Waals surface area contributed by atoms with Crippen molar-refractivity contribution in [2.24, 2.45) is 0 Å². The molecule has 2 nitrogen and oxygen atoms in total. The van der Waals surface area contributed by atoms with E-state index in [-0.39, 0.29) is 6.10 Å². The third-order valence-electron chi connectivity index (χ3n) is 4.32. The first-order valence-electron chi connectivity index (χ1n) is 8.63. The second-order valence-corrected chi connectivity index (χ2v) is 6.11. The lowest BCUT2D eigenvalue weighted by atomic mass is 10.0. The van der Waals surface area contributed by atoms with Gasteiger partial charge in [0.25, 0.3) is 0 Å². The Hall–Kier alpha value is -0.860. The highest BCUT2D eigenvalue weighted by Crippen LogP contribution is 2.18. The molecule has 0 heterocycles. The van der Waals surface area contributed by atoms with Gasteiger partial charge in [-0.25, -0.2) is 0 Å². The van der Waals surface area contributed by atoms with Crippen LogP contribution in [-0.4, -0.2) is 29.1 Å². The van der Waals surface area contributed by atoms with E-state index in [0.717, 1.165) is 31.5 Å². The van der Waals surface area contributed by atoms with Gasteiger partial charge in [-0.2, -0.15) is 0 Å². The van der Waals surface area contributed by atoms with E-state index in [2.05, 4.69) is 56.9 Å². The third kappa shape index (κ3) is 6.19. The Morgan fingerprint density at radius 2 is 1.71 bits per heavy atom. The maximum atomic E-state index is 10.5. The fraction of sp³-hybridized carbons (Fsp3) is 0.684. The van der Waals surface area contributed by atoms with Crippen LogP contribution in [0.25, 0.3) is 0 Å². The number of hydrogen-bond acceptors (Lipinski definition) is 2. The summed E-state index contributed by atoms with van der Waals surface area (Å²) in [7, 11) is 0. The molecule has 0 aliphatic rings. The lowest BCUT2D eigenvalue weighted by Crippen LogP contribution is -2.37. The molecule has 0 spiro atoms. The summed E-state index contributed by atoms with van der Waals surface area (Å²) >= 11 is 0. The van der Waals surface area contributed by atoms with E-state index in [1.165, 1.54) is 24.8 Å². The maximum Gasteiger partial charge on any atom is 0.0917 e. The number of hydrogen-bond donors (Lipinski definition) is 1. The van der Waals surface area contributed by atoms with Gasteiger partial charge in [0.15, 0.2) is 0 Å². The highest BCUT2D eigenvalue weighted by molar-refractivity contribution is 5.24. The summed E-state index contributed by atoms with van der Waals surface area (Å²) in [6.45, 7) is 10.7. The van der Waals surface area contributed by atoms with Crippen LogP contribution in [0.15, 0.2) is 24.3 Å². The van der Waals surface area contributed by atoms with Crippen molar-refractivity contribution in [1.82, 2.24) is 4.90 Å². The summed E-state index contributed by atoms with van der Waals surface area (Å²) in [5.74, 6) is 0. The highest BCUT2D eigenvalue weighted by Gasteiger charge is 2.17. The van der Waals surface area contributed by atoms with Crippen molar-refractivity contribution in [2.45, 2.75) is 71.9 Å². The first-order valence-corrected chi connectivity index (χ1v) is 8.63. The van der Waals surface area contributed by atoms with Crippen LogP contribution < -0.4 is 0 Å². The Morgan fingerprint density at radius 1 is 1.05 bits per heavy atom. The Kier molecular flexibility index (Phi) is 8.63. The van der Waals surface area contributed by atoms with Crippen LogP contribution in [0.5, 0.6) is 0 Å². The molecule has 2 unspecified atom stereocenters. The normalized spacial score (nSPS) is 14.4. The molecule has 1 aromatic rings. The smallest absolute Gasteiger partial charge is 0.0917 e. The van der Waals surface area contributed by atoms with E-state index in [9.17, 15) is 5.11 Å². The zero-order valence-electron chi connectivity index (χ0n) is 14.3. The molecule has 0 aliphatic carbocycles. The van der Waals surface area contributed by atoms with Crippen molar-refractivity contribution in [3.63, 3.8) is 0 Å². The monoisotopic (exact) mass is 291 g/mol. The third-order valence-corrected chi connectivity index (χ3v) is 4.32. The molecule has 0 radical (unpaired) electrons. The van der Waals surface area contributed by atoms with E-state index in [1.54, 1.807) is 0 Å². The van der Waals surface area contributed by atoms with Gasteiger partial charge < -0.3 is 5.11 Å². The average Bonchev–Trinajstić information content (AvgIpc) is 2.51. The quantitative estimate of drug-likeness (QED) is 0.682. The fourth-order valence-electron chi connectivity index (χ4n) is 2.63. The minimum Gasteiger partial charge on any atom is -0.387 e. The van der Waals surface area contributed by atoms with E-state index in [0.29, 0.717) is 6.04 Å². The summed E-state index contributed by atoms with van der Waals surface area (Å²) < 4.78 is 0. The summed E-state index contributed by atoms with van der Waals surface area (Å²) in [6.07, 6.45) is 5.44. The van der Waals surface area contributed by atoms with Crippen LogP contribution in [0.4, 0.5) is 0 Å². The second-order valence-electron chi connectivity index (χ2n) is 6.11. The van der Waals surface area contributed by atoms with Crippen molar-refractivity contribution in [3.8, 4) is 0 Å². The number of aliphatic hydroxyl groups is 1. The van der Waals surface area contributed by atoms with Crippen LogP contribution in [0.2, 0.25) is 0 Å². The molecule has 1 rings (SSSR count). The van der Waals surface area contributed by atoms with Crippen molar-refractivity contribution in [3.05, 3.63) is 35.4 Å². The minimum absolute atomic E-state index is 0.383. The second kappa shape index (κ2) is 9.97. The lowest BCUT2D eigenvalue weighted by molar-refractivity contribution is 0.0887. The molecule has 0 aliphatic heterocycles. The van der Waals surface area contributed by atoms with Crippen molar-refractivity contribution < 1.29 is 5.11 Å². The number of aryl methyl sites for hydroxylation is 1.